The highest BCUT2D eigenvalue weighted by Crippen LogP contribution is 2.30. The molecule has 7 heteroatoms. The van der Waals surface area contributed by atoms with Gasteiger partial charge in [-0.2, -0.15) is 0 Å². The SMILES string of the molecule is Cc1cc(-c2ccc(C=C3NC(=S)NC3=O)s2)ccc1C(=O)O. The maximum atomic E-state index is 11.6. The van der Waals surface area contributed by atoms with Gasteiger partial charge in [0.15, 0.2) is 5.11 Å². The molecule has 1 aromatic carbocycles. The summed E-state index contributed by atoms with van der Waals surface area (Å²) in [6, 6.07) is 9.09. The minimum absolute atomic E-state index is 0.244. The first-order valence-electron chi connectivity index (χ1n) is 6.72. The number of aromatic carboxylic acids is 1. The summed E-state index contributed by atoms with van der Waals surface area (Å²) in [5.41, 5.74) is 2.38. The van der Waals surface area contributed by atoms with Crippen molar-refractivity contribution in [2.75, 3.05) is 0 Å². The fourth-order valence-electron chi connectivity index (χ4n) is 2.27. The standard InChI is InChI=1S/C16H12N2O3S2/c1-8-6-9(2-4-11(8)15(20)21)13-5-3-10(23-13)7-12-14(19)18-16(22)17-12/h2-7H,1H3,(H,20,21)(H2,17,18,19,22). The number of nitrogens with one attached hydrogen (secondary N) is 2. The van der Waals surface area contributed by atoms with Gasteiger partial charge in [0.2, 0.25) is 0 Å². The van der Waals surface area contributed by atoms with Crippen molar-refractivity contribution in [1.29, 1.82) is 0 Å². The van der Waals surface area contributed by atoms with Gasteiger partial charge in [-0.15, -0.1) is 11.3 Å². The third-order valence-corrected chi connectivity index (χ3v) is 4.66. The summed E-state index contributed by atoms with van der Waals surface area (Å²) in [5, 5.41) is 14.7. The second-order valence-electron chi connectivity index (χ2n) is 5.00. The van der Waals surface area contributed by atoms with Gasteiger partial charge in [0.1, 0.15) is 5.70 Å². The maximum absolute atomic E-state index is 11.6. The summed E-state index contributed by atoms with van der Waals surface area (Å²) < 4.78 is 0. The lowest BCUT2D eigenvalue weighted by Gasteiger charge is -2.03. The number of carbonyl (C=O) groups excluding carboxylic acids is 1. The maximum Gasteiger partial charge on any atom is 0.335 e. The molecule has 1 aromatic heterocycles. The molecule has 0 spiro atoms. The lowest BCUT2D eigenvalue weighted by atomic mass is 10.0. The molecule has 3 rings (SSSR count). The summed E-state index contributed by atoms with van der Waals surface area (Å²) in [6.07, 6.45) is 1.74. The van der Waals surface area contributed by atoms with Crippen LogP contribution in [0.3, 0.4) is 0 Å². The van der Waals surface area contributed by atoms with Crippen molar-refractivity contribution in [2.24, 2.45) is 0 Å². The minimum atomic E-state index is -0.931. The van der Waals surface area contributed by atoms with Crippen molar-refractivity contribution in [3.8, 4) is 10.4 Å². The number of rotatable bonds is 3. The number of aryl methyl sites for hydroxylation is 1. The van der Waals surface area contributed by atoms with E-state index >= 15 is 0 Å². The fraction of sp³-hybridized carbons (Fsp3) is 0.0625. The Morgan fingerprint density at radius 3 is 2.65 bits per heavy atom. The Hall–Kier alpha value is -2.51. The molecule has 0 aliphatic carbocycles. The lowest BCUT2D eigenvalue weighted by Crippen LogP contribution is -2.21. The summed E-state index contributed by atoms with van der Waals surface area (Å²) in [7, 11) is 0. The van der Waals surface area contributed by atoms with Crippen molar-refractivity contribution in [1.82, 2.24) is 10.6 Å². The molecule has 0 atom stereocenters. The van der Waals surface area contributed by atoms with Gasteiger partial charge < -0.3 is 10.4 Å². The van der Waals surface area contributed by atoms with Crippen LogP contribution in [0.1, 0.15) is 20.8 Å². The molecule has 0 saturated carbocycles. The van der Waals surface area contributed by atoms with Crippen LogP contribution in [0, 0.1) is 6.92 Å². The average molecular weight is 344 g/mol. The predicted molar refractivity (Wildman–Crippen MR) is 93.3 cm³/mol. The van der Waals surface area contributed by atoms with Crippen LogP contribution < -0.4 is 10.6 Å². The van der Waals surface area contributed by atoms with E-state index in [4.69, 9.17) is 17.3 Å². The third kappa shape index (κ3) is 3.15. The number of carboxylic acid groups (broad SMARTS) is 1. The molecule has 1 aliphatic rings. The Bertz CT molecular complexity index is 868. The van der Waals surface area contributed by atoms with Crippen molar-refractivity contribution in [3.63, 3.8) is 0 Å². The van der Waals surface area contributed by atoms with Crippen LogP contribution in [0.15, 0.2) is 36.0 Å². The zero-order valence-electron chi connectivity index (χ0n) is 12.0. The number of thiocarbonyl (C=S) groups is 1. The highest BCUT2D eigenvalue weighted by molar-refractivity contribution is 7.80. The van der Waals surface area contributed by atoms with E-state index in [9.17, 15) is 9.59 Å². The second-order valence-corrected chi connectivity index (χ2v) is 6.53. The average Bonchev–Trinajstić information content (AvgIpc) is 3.06. The van der Waals surface area contributed by atoms with Crippen molar-refractivity contribution in [2.45, 2.75) is 6.92 Å². The van der Waals surface area contributed by atoms with E-state index < -0.39 is 5.97 Å². The number of carboxylic acids is 1. The zero-order valence-corrected chi connectivity index (χ0v) is 13.7. The molecule has 1 aliphatic heterocycles. The molecule has 0 radical (unpaired) electrons. The molecular formula is C16H12N2O3S2. The van der Waals surface area contributed by atoms with Crippen LogP contribution in [0.25, 0.3) is 16.5 Å². The van der Waals surface area contributed by atoms with Crippen molar-refractivity contribution >= 4 is 46.6 Å². The van der Waals surface area contributed by atoms with Gasteiger partial charge >= 0.3 is 5.97 Å². The molecule has 1 amide bonds. The smallest absolute Gasteiger partial charge is 0.335 e. The van der Waals surface area contributed by atoms with Crippen LogP contribution in [-0.4, -0.2) is 22.1 Å². The first-order chi connectivity index (χ1) is 10.9. The molecule has 3 N–H and O–H groups in total. The van der Waals surface area contributed by atoms with Crippen LogP contribution in [0.2, 0.25) is 0 Å². The quantitative estimate of drug-likeness (QED) is 0.589. The molecular weight excluding hydrogens is 332 g/mol. The van der Waals surface area contributed by atoms with Crippen LogP contribution in [0.4, 0.5) is 0 Å². The molecule has 2 heterocycles. The van der Waals surface area contributed by atoms with Gasteiger partial charge in [-0.3, -0.25) is 10.1 Å². The highest BCUT2D eigenvalue weighted by Gasteiger charge is 2.20. The molecule has 1 fully saturated rings. The van der Waals surface area contributed by atoms with E-state index in [0.717, 1.165) is 15.3 Å². The topological polar surface area (TPSA) is 78.4 Å². The van der Waals surface area contributed by atoms with Crippen LogP contribution in [-0.2, 0) is 4.79 Å². The molecule has 0 bridgehead atoms. The Balaban J connectivity index is 1.89. The molecule has 2 aromatic rings. The predicted octanol–water partition coefficient (Wildman–Crippen LogP) is 2.77. The Labute approximate surface area is 141 Å². The van der Waals surface area contributed by atoms with E-state index in [1.54, 1.807) is 25.1 Å². The monoisotopic (exact) mass is 344 g/mol. The number of hydrogen-bond acceptors (Lipinski definition) is 4. The zero-order chi connectivity index (χ0) is 16.6. The molecule has 116 valence electrons. The summed E-state index contributed by atoms with van der Waals surface area (Å²) in [6.45, 7) is 1.77. The summed E-state index contributed by atoms with van der Waals surface area (Å²) in [5.74, 6) is -1.17. The largest absolute Gasteiger partial charge is 0.478 e. The number of benzene rings is 1. The van der Waals surface area contributed by atoms with Crippen LogP contribution in [0.5, 0.6) is 0 Å². The number of hydrogen-bond donors (Lipinski definition) is 3. The lowest BCUT2D eigenvalue weighted by molar-refractivity contribution is -0.115. The van der Waals surface area contributed by atoms with E-state index in [0.29, 0.717) is 21.9 Å². The normalized spacial score (nSPS) is 15.6. The van der Waals surface area contributed by atoms with Crippen LogP contribution >= 0.6 is 23.6 Å². The Morgan fingerprint density at radius 2 is 2.04 bits per heavy atom. The molecule has 5 nitrogen and oxygen atoms in total. The second kappa shape index (κ2) is 5.94. The van der Waals surface area contributed by atoms with E-state index in [1.807, 2.05) is 18.2 Å². The van der Waals surface area contributed by atoms with Gasteiger partial charge in [-0.25, -0.2) is 4.79 Å². The Morgan fingerprint density at radius 1 is 1.26 bits per heavy atom. The van der Waals surface area contributed by atoms with E-state index in [-0.39, 0.29) is 5.91 Å². The van der Waals surface area contributed by atoms with Crippen molar-refractivity contribution in [3.05, 3.63) is 52.0 Å². The van der Waals surface area contributed by atoms with Gasteiger partial charge in [-0.1, -0.05) is 6.07 Å². The van der Waals surface area contributed by atoms with Gasteiger partial charge in [0.05, 0.1) is 5.56 Å². The summed E-state index contributed by atoms with van der Waals surface area (Å²) in [4.78, 5) is 24.6. The number of thiophene rings is 1. The minimum Gasteiger partial charge on any atom is -0.478 e. The first-order valence-corrected chi connectivity index (χ1v) is 7.95. The molecule has 1 saturated heterocycles. The Kier molecular flexibility index (Phi) is 3.97. The van der Waals surface area contributed by atoms with Crippen molar-refractivity contribution < 1.29 is 14.7 Å². The first kappa shape index (κ1) is 15.4. The molecule has 0 unspecified atom stereocenters. The fourth-order valence-corrected chi connectivity index (χ4v) is 3.42. The van der Waals surface area contributed by atoms with Gasteiger partial charge in [-0.05, 0) is 60.6 Å². The number of carbonyl (C=O) groups is 2. The van der Waals surface area contributed by atoms with Gasteiger partial charge in [0.25, 0.3) is 5.91 Å². The van der Waals surface area contributed by atoms with E-state index in [1.165, 1.54) is 11.3 Å². The highest BCUT2D eigenvalue weighted by atomic mass is 32.1. The molecule has 23 heavy (non-hydrogen) atoms. The number of amides is 1. The van der Waals surface area contributed by atoms with E-state index in [2.05, 4.69) is 10.6 Å². The summed E-state index contributed by atoms with van der Waals surface area (Å²) >= 11 is 6.40. The third-order valence-electron chi connectivity index (χ3n) is 3.37. The van der Waals surface area contributed by atoms with Gasteiger partial charge in [0, 0.05) is 9.75 Å².